The molecule has 0 heterocycles. The van der Waals surface area contributed by atoms with Crippen LogP contribution in [0, 0.1) is 0 Å². The fourth-order valence-corrected chi connectivity index (χ4v) is 2.19. The van der Waals surface area contributed by atoms with Crippen LogP contribution in [-0.2, 0) is 4.79 Å². The lowest BCUT2D eigenvalue weighted by atomic mass is 10.2. The van der Waals surface area contributed by atoms with Crippen molar-refractivity contribution in [3.8, 4) is 5.75 Å². The molecular formula is C16H14BrN3O3. The number of amides is 2. The Labute approximate surface area is 141 Å². The highest BCUT2D eigenvalue weighted by Crippen LogP contribution is 2.25. The summed E-state index contributed by atoms with van der Waals surface area (Å²) in [7, 11) is 0. The Morgan fingerprint density at radius 1 is 1.22 bits per heavy atom. The maximum Gasteiger partial charge on any atom is 0.271 e. The Kier molecular flexibility index (Phi) is 5.87. The van der Waals surface area contributed by atoms with Gasteiger partial charge in [-0.05, 0) is 51.8 Å². The maximum absolute atomic E-state index is 11.8. The van der Waals surface area contributed by atoms with Crippen molar-refractivity contribution in [2.75, 3.05) is 6.61 Å². The van der Waals surface area contributed by atoms with Gasteiger partial charge in [0.2, 0.25) is 0 Å². The number of benzene rings is 2. The molecule has 0 aromatic heterocycles. The van der Waals surface area contributed by atoms with Crippen LogP contribution in [0.3, 0.4) is 0 Å². The van der Waals surface area contributed by atoms with E-state index in [0.29, 0.717) is 15.8 Å². The molecule has 0 spiro atoms. The van der Waals surface area contributed by atoms with Crippen molar-refractivity contribution < 1.29 is 14.3 Å². The topological polar surface area (TPSA) is 93.8 Å². The SMILES string of the molecule is NC(=O)COc1ccc(/C=N/NC(=O)c2ccccc2)cc1Br. The highest BCUT2D eigenvalue weighted by molar-refractivity contribution is 9.10. The first kappa shape index (κ1) is 16.7. The average molecular weight is 376 g/mol. The minimum absolute atomic E-state index is 0.195. The van der Waals surface area contributed by atoms with Crippen molar-refractivity contribution in [1.82, 2.24) is 5.43 Å². The van der Waals surface area contributed by atoms with Crippen molar-refractivity contribution in [1.29, 1.82) is 0 Å². The fraction of sp³-hybridized carbons (Fsp3) is 0.0625. The zero-order chi connectivity index (χ0) is 16.7. The molecule has 0 saturated carbocycles. The molecule has 2 aromatic rings. The summed E-state index contributed by atoms with van der Waals surface area (Å²) in [5.74, 6) is -0.345. The first-order chi connectivity index (χ1) is 11.1. The van der Waals surface area contributed by atoms with Crippen molar-refractivity contribution >= 4 is 34.0 Å². The van der Waals surface area contributed by atoms with E-state index in [4.69, 9.17) is 10.5 Å². The Balaban J connectivity index is 1.96. The third-order valence-electron chi connectivity index (χ3n) is 2.74. The first-order valence-corrected chi connectivity index (χ1v) is 7.44. The van der Waals surface area contributed by atoms with Crippen LogP contribution in [0.4, 0.5) is 0 Å². The van der Waals surface area contributed by atoms with Gasteiger partial charge in [-0.2, -0.15) is 5.10 Å². The number of rotatable bonds is 6. The van der Waals surface area contributed by atoms with Crippen molar-refractivity contribution in [2.45, 2.75) is 0 Å². The number of primary amides is 1. The Hall–Kier alpha value is -2.67. The molecule has 0 aliphatic rings. The third kappa shape index (κ3) is 5.23. The minimum atomic E-state index is -0.550. The van der Waals surface area contributed by atoms with Crippen LogP contribution in [0.15, 0.2) is 58.1 Å². The molecule has 2 aromatic carbocycles. The second-order valence-corrected chi connectivity index (χ2v) is 5.36. The molecule has 23 heavy (non-hydrogen) atoms. The van der Waals surface area contributed by atoms with E-state index in [9.17, 15) is 9.59 Å². The van der Waals surface area contributed by atoms with E-state index in [-0.39, 0.29) is 12.5 Å². The van der Waals surface area contributed by atoms with Gasteiger partial charge in [-0.15, -0.1) is 0 Å². The summed E-state index contributed by atoms with van der Waals surface area (Å²) >= 11 is 3.33. The number of carbonyl (C=O) groups excluding carboxylic acids is 2. The molecule has 0 radical (unpaired) electrons. The van der Waals surface area contributed by atoms with E-state index in [2.05, 4.69) is 26.5 Å². The lowest BCUT2D eigenvalue weighted by molar-refractivity contribution is -0.119. The van der Waals surface area contributed by atoms with Crippen LogP contribution in [0.2, 0.25) is 0 Å². The fourth-order valence-electron chi connectivity index (χ4n) is 1.68. The van der Waals surface area contributed by atoms with Crippen LogP contribution in [0.1, 0.15) is 15.9 Å². The lowest BCUT2D eigenvalue weighted by Crippen LogP contribution is -2.20. The van der Waals surface area contributed by atoms with E-state index in [1.165, 1.54) is 6.21 Å². The highest BCUT2D eigenvalue weighted by atomic mass is 79.9. The van der Waals surface area contributed by atoms with E-state index >= 15 is 0 Å². The summed E-state index contributed by atoms with van der Waals surface area (Å²) in [6, 6.07) is 13.9. The first-order valence-electron chi connectivity index (χ1n) is 6.65. The van der Waals surface area contributed by atoms with Gasteiger partial charge in [0.1, 0.15) is 5.75 Å². The molecule has 0 bridgehead atoms. The summed E-state index contributed by atoms with van der Waals surface area (Å²) < 4.78 is 5.87. The van der Waals surface area contributed by atoms with Crippen LogP contribution >= 0.6 is 15.9 Å². The molecule has 118 valence electrons. The highest BCUT2D eigenvalue weighted by Gasteiger charge is 2.04. The van der Waals surface area contributed by atoms with Gasteiger partial charge < -0.3 is 10.5 Å². The van der Waals surface area contributed by atoms with Gasteiger partial charge in [0.05, 0.1) is 10.7 Å². The predicted octanol–water partition coefficient (Wildman–Crippen LogP) is 2.08. The molecule has 7 heteroatoms. The zero-order valence-electron chi connectivity index (χ0n) is 12.0. The normalized spacial score (nSPS) is 10.5. The summed E-state index contributed by atoms with van der Waals surface area (Å²) in [5, 5.41) is 3.90. The molecule has 3 N–H and O–H groups in total. The molecule has 6 nitrogen and oxygen atoms in total. The second-order valence-electron chi connectivity index (χ2n) is 4.51. The van der Waals surface area contributed by atoms with Gasteiger partial charge in [-0.3, -0.25) is 9.59 Å². The van der Waals surface area contributed by atoms with Crippen LogP contribution in [0.5, 0.6) is 5.75 Å². The number of nitrogens with one attached hydrogen (secondary N) is 1. The minimum Gasteiger partial charge on any atom is -0.483 e. The van der Waals surface area contributed by atoms with Crippen LogP contribution in [-0.4, -0.2) is 24.6 Å². The molecule has 2 amide bonds. The second kappa shape index (κ2) is 8.09. The van der Waals surface area contributed by atoms with Crippen molar-refractivity contribution in [3.63, 3.8) is 0 Å². The quantitative estimate of drug-likeness (QED) is 0.597. The maximum atomic E-state index is 11.8. The third-order valence-corrected chi connectivity index (χ3v) is 3.36. The molecule has 0 atom stereocenters. The van der Waals surface area contributed by atoms with Gasteiger partial charge >= 0.3 is 0 Å². The summed E-state index contributed by atoms with van der Waals surface area (Å²) in [4.78, 5) is 22.5. The van der Waals surface area contributed by atoms with Crippen molar-refractivity contribution in [2.24, 2.45) is 10.8 Å². The molecule has 0 saturated heterocycles. The molecular weight excluding hydrogens is 362 g/mol. The number of nitrogens with zero attached hydrogens (tertiary/aromatic N) is 1. The number of halogens is 1. The van der Waals surface area contributed by atoms with Gasteiger partial charge in [-0.1, -0.05) is 18.2 Å². The molecule has 0 unspecified atom stereocenters. The smallest absolute Gasteiger partial charge is 0.271 e. The standard InChI is InChI=1S/C16H14BrN3O3/c17-13-8-11(6-7-14(13)23-10-15(18)21)9-19-20-16(22)12-4-2-1-3-5-12/h1-9H,10H2,(H2,18,21)(H,20,22)/b19-9+. The van der Waals surface area contributed by atoms with E-state index in [0.717, 1.165) is 5.56 Å². The number of hydrazone groups is 1. The number of nitrogens with two attached hydrogens (primary N) is 1. The molecule has 2 rings (SSSR count). The number of carbonyl (C=O) groups is 2. The molecule has 0 fully saturated rings. The Morgan fingerprint density at radius 2 is 1.96 bits per heavy atom. The van der Waals surface area contributed by atoms with Gasteiger partial charge in [0, 0.05) is 5.56 Å². The predicted molar refractivity (Wildman–Crippen MR) is 90.3 cm³/mol. The van der Waals surface area contributed by atoms with Gasteiger partial charge in [-0.25, -0.2) is 5.43 Å². The number of ether oxygens (including phenoxy) is 1. The van der Waals surface area contributed by atoms with E-state index in [1.54, 1.807) is 42.5 Å². The van der Waals surface area contributed by atoms with Crippen LogP contribution < -0.4 is 15.9 Å². The number of hydrogen-bond acceptors (Lipinski definition) is 4. The lowest BCUT2D eigenvalue weighted by Gasteiger charge is -2.06. The average Bonchev–Trinajstić information content (AvgIpc) is 2.54. The molecule has 0 aliphatic heterocycles. The van der Waals surface area contributed by atoms with E-state index in [1.807, 2.05) is 6.07 Å². The summed E-state index contributed by atoms with van der Waals surface area (Å²) in [6.07, 6.45) is 1.50. The monoisotopic (exact) mass is 375 g/mol. The Morgan fingerprint density at radius 3 is 2.61 bits per heavy atom. The molecule has 0 aliphatic carbocycles. The summed E-state index contributed by atoms with van der Waals surface area (Å²) in [6.45, 7) is -0.195. The number of hydrogen-bond donors (Lipinski definition) is 2. The van der Waals surface area contributed by atoms with Crippen molar-refractivity contribution in [3.05, 3.63) is 64.1 Å². The zero-order valence-corrected chi connectivity index (χ0v) is 13.6. The van der Waals surface area contributed by atoms with Crippen LogP contribution in [0.25, 0.3) is 0 Å². The Bertz CT molecular complexity index is 733. The summed E-state index contributed by atoms with van der Waals surface area (Å²) in [5.41, 5.74) is 8.74. The van der Waals surface area contributed by atoms with Gasteiger partial charge in [0.25, 0.3) is 11.8 Å². The van der Waals surface area contributed by atoms with Gasteiger partial charge in [0.15, 0.2) is 6.61 Å². The van der Waals surface area contributed by atoms with E-state index < -0.39 is 5.91 Å². The largest absolute Gasteiger partial charge is 0.483 e.